The first-order valence-corrected chi connectivity index (χ1v) is 9.97. The van der Waals surface area contributed by atoms with Gasteiger partial charge in [-0.2, -0.15) is 0 Å². The Morgan fingerprint density at radius 2 is 1.52 bits per heavy atom. The van der Waals surface area contributed by atoms with Crippen LogP contribution in [0.2, 0.25) is 0 Å². The maximum absolute atomic E-state index is 14.9. The van der Waals surface area contributed by atoms with E-state index in [0.717, 1.165) is 10.5 Å². The molecule has 2 amide bonds. The summed E-state index contributed by atoms with van der Waals surface area (Å²) in [4.78, 5) is 28.2. The zero-order valence-electron chi connectivity index (χ0n) is 16.4. The molecular weight excluding hydrogens is 374 g/mol. The Morgan fingerprint density at radius 1 is 0.931 bits per heavy atom. The van der Waals surface area contributed by atoms with Crippen molar-refractivity contribution in [2.45, 2.75) is 25.8 Å². The molecule has 6 heteroatoms. The fraction of sp³-hybridized carbons (Fsp3) is 0.391. The molecule has 0 spiro atoms. The molecule has 0 saturated carbocycles. The number of benzene rings is 2. The minimum absolute atomic E-state index is 0.0124. The van der Waals surface area contributed by atoms with E-state index in [4.69, 9.17) is 0 Å². The Bertz CT molecular complexity index is 881. The molecule has 1 fully saturated rings. The summed E-state index contributed by atoms with van der Waals surface area (Å²) in [7, 11) is 0. The second kappa shape index (κ2) is 7.67. The maximum Gasteiger partial charge on any atom is 0.261 e. The normalized spacial score (nSPS) is 24.0. The Labute approximate surface area is 169 Å². The van der Waals surface area contributed by atoms with Crippen LogP contribution < -0.4 is 0 Å². The van der Waals surface area contributed by atoms with Gasteiger partial charge in [0.15, 0.2) is 0 Å². The fourth-order valence-electron chi connectivity index (χ4n) is 4.40. The summed E-state index contributed by atoms with van der Waals surface area (Å²) >= 11 is 0. The van der Waals surface area contributed by atoms with Crippen LogP contribution >= 0.6 is 0 Å². The summed E-state index contributed by atoms with van der Waals surface area (Å²) in [6.45, 7) is 2.77. The lowest BCUT2D eigenvalue weighted by Crippen LogP contribution is -2.53. The lowest BCUT2D eigenvalue weighted by Gasteiger charge is -2.43. The van der Waals surface area contributed by atoms with Gasteiger partial charge in [0.1, 0.15) is 0 Å². The Hall–Kier alpha value is -2.60. The van der Waals surface area contributed by atoms with Crippen molar-refractivity contribution in [3.8, 4) is 0 Å². The fourth-order valence-corrected chi connectivity index (χ4v) is 4.40. The van der Waals surface area contributed by atoms with Gasteiger partial charge in [-0.15, -0.1) is 0 Å². The zero-order chi connectivity index (χ0) is 20.6. The third-order valence-electron chi connectivity index (χ3n) is 6.04. The number of piperidine rings is 1. The van der Waals surface area contributed by atoms with Crippen molar-refractivity contribution < 1.29 is 18.4 Å². The minimum atomic E-state index is -2.83. The molecular formula is C23H24F2N2O2. The van der Waals surface area contributed by atoms with Gasteiger partial charge in [-0.1, -0.05) is 49.4 Å². The molecule has 2 heterocycles. The monoisotopic (exact) mass is 398 g/mol. The van der Waals surface area contributed by atoms with Gasteiger partial charge in [-0.25, -0.2) is 8.78 Å². The third kappa shape index (κ3) is 3.69. The third-order valence-corrected chi connectivity index (χ3v) is 6.04. The number of likely N-dealkylation sites (tertiary alicyclic amines) is 1. The first-order valence-electron chi connectivity index (χ1n) is 9.97. The van der Waals surface area contributed by atoms with E-state index in [2.05, 4.69) is 0 Å². The molecule has 2 aromatic carbocycles. The molecule has 2 unspecified atom stereocenters. The molecule has 0 aromatic heterocycles. The molecule has 0 N–H and O–H groups in total. The van der Waals surface area contributed by atoms with Crippen LogP contribution in [0.25, 0.3) is 0 Å². The van der Waals surface area contributed by atoms with Gasteiger partial charge in [0.2, 0.25) is 0 Å². The molecule has 0 radical (unpaired) electrons. The van der Waals surface area contributed by atoms with Gasteiger partial charge in [-0.3, -0.25) is 19.4 Å². The minimum Gasteiger partial charge on any atom is -0.298 e. The highest BCUT2D eigenvalue weighted by atomic mass is 19.3. The van der Waals surface area contributed by atoms with Crippen LogP contribution in [0.3, 0.4) is 0 Å². The summed E-state index contributed by atoms with van der Waals surface area (Å²) < 4.78 is 29.8. The van der Waals surface area contributed by atoms with Gasteiger partial charge in [-0.05, 0) is 24.1 Å². The average molecular weight is 398 g/mol. The molecule has 29 heavy (non-hydrogen) atoms. The predicted molar refractivity (Wildman–Crippen MR) is 106 cm³/mol. The van der Waals surface area contributed by atoms with E-state index in [0.29, 0.717) is 24.2 Å². The molecule has 0 aliphatic carbocycles. The summed E-state index contributed by atoms with van der Waals surface area (Å²) in [6.07, 6.45) is 0.0914. The Morgan fingerprint density at radius 3 is 2.14 bits per heavy atom. The lowest BCUT2D eigenvalue weighted by atomic mass is 9.83. The number of hydrogen-bond donors (Lipinski definition) is 0. The molecule has 2 aliphatic heterocycles. The van der Waals surface area contributed by atoms with E-state index < -0.39 is 17.8 Å². The summed E-state index contributed by atoms with van der Waals surface area (Å²) in [5, 5.41) is 0. The first kappa shape index (κ1) is 19.7. The van der Waals surface area contributed by atoms with Gasteiger partial charge in [0.05, 0.1) is 11.1 Å². The smallest absolute Gasteiger partial charge is 0.261 e. The molecule has 2 aliphatic rings. The van der Waals surface area contributed by atoms with E-state index in [1.165, 1.54) is 0 Å². The van der Waals surface area contributed by atoms with Crippen LogP contribution in [0, 0.1) is 11.8 Å². The van der Waals surface area contributed by atoms with Gasteiger partial charge >= 0.3 is 0 Å². The number of carbonyl (C=O) groups excluding carboxylic acids is 2. The highest BCUT2D eigenvalue weighted by molar-refractivity contribution is 6.21. The number of hydrogen-bond acceptors (Lipinski definition) is 3. The number of alkyl halides is 2. The molecule has 2 atom stereocenters. The number of imide groups is 1. The predicted octanol–water partition coefficient (Wildman–Crippen LogP) is 4.08. The Kier molecular flexibility index (Phi) is 5.21. The van der Waals surface area contributed by atoms with Crippen LogP contribution in [-0.4, -0.2) is 47.2 Å². The van der Waals surface area contributed by atoms with E-state index in [1.54, 1.807) is 31.2 Å². The van der Waals surface area contributed by atoms with Crippen molar-refractivity contribution in [1.82, 2.24) is 9.80 Å². The number of fused-ring (bicyclic) bond motifs is 1. The van der Waals surface area contributed by atoms with Crippen molar-refractivity contribution >= 4 is 11.8 Å². The number of nitrogens with zero attached hydrogens (tertiary/aromatic N) is 2. The molecule has 1 saturated heterocycles. The summed E-state index contributed by atoms with van der Waals surface area (Å²) in [6, 6.07) is 16.4. The highest BCUT2D eigenvalue weighted by Gasteiger charge is 2.49. The number of halogens is 2. The van der Waals surface area contributed by atoms with E-state index >= 15 is 0 Å². The van der Waals surface area contributed by atoms with Crippen molar-refractivity contribution in [3.63, 3.8) is 0 Å². The van der Waals surface area contributed by atoms with Crippen LogP contribution in [0.1, 0.15) is 39.6 Å². The number of carbonyl (C=O) groups is 2. The van der Waals surface area contributed by atoms with Crippen LogP contribution in [-0.2, 0) is 6.54 Å². The maximum atomic E-state index is 14.9. The largest absolute Gasteiger partial charge is 0.298 e. The van der Waals surface area contributed by atoms with Crippen molar-refractivity contribution in [3.05, 3.63) is 71.3 Å². The standard InChI is InChI=1S/C23H24F2N2O2/c1-16-13-26(14-17-7-3-2-4-8-17)15-18(23(16,24)25)11-12-27-21(28)19-9-5-6-10-20(19)22(27)29/h2-10,16,18H,11-15H2,1H3. The molecule has 4 rings (SSSR count). The molecule has 4 nitrogen and oxygen atoms in total. The van der Waals surface area contributed by atoms with Crippen molar-refractivity contribution in [1.29, 1.82) is 0 Å². The zero-order valence-corrected chi connectivity index (χ0v) is 16.4. The molecule has 2 aromatic rings. The Balaban J connectivity index is 1.45. The van der Waals surface area contributed by atoms with Gasteiger partial charge < -0.3 is 0 Å². The van der Waals surface area contributed by atoms with Crippen molar-refractivity contribution in [2.24, 2.45) is 11.8 Å². The van der Waals surface area contributed by atoms with Gasteiger partial charge in [0, 0.05) is 38.0 Å². The highest BCUT2D eigenvalue weighted by Crippen LogP contribution is 2.40. The van der Waals surface area contributed by atoms with Gasteiger partial charge in [0.25, 0.3) is 17.7 Å². The molecule has 152 valence electrons. The SMILES string of the molecule is CC1CN(Cc2ccccc2)CC(CCN2C(=O)c3ccccc3C2=O)C1(F)F. The summed E-state index contributed by atoms with van der Waals surface area (Å²) in [5.41, 5.74) is 1.79. The second-order valence-electron chi connectivity index (χ2n) is 8.05. The molecule has 0 bridgehead atoms. The van der Waals surface area contributed by atoms with Crippen LogP contribution in [0.5, 0.6) is 0 Å². The summed E-state index contributed by atoms with van der Waals surface area (Å²) in [5.74, 6) is -5.30. The van der Waals surface area contributed by atoms with E-state index in [9.17, 15) is 18.4 Å². The van der Waals surface area contributed by atoms with E-state index in [1.807, 2.05) is 35.2 Å². The number of amides is 2. The quantitative estimate of drug-likeness (QED) is 0.713. The van der Waals surface area contributed by atoms with Crippen LogP contribution in [0.4, 0.5) is 8.78 Å². The van der Waals surface area contributed by atoms with Crippen molar-refractivity contribution in [2.75, 3.05) is 19.6 Å². The topological polar surface area (TPSA) is 40.6 Å². The first-order chi connectivity index (χ1) is 13.9. The number of rotatable bonds is 5. The average Bonchev–Trinajstić information content (AvgIpc) is 2.95. The second-order valence-corrected chi connectivity index (χ2v) is 8.05. The lowest BCUT2D eigenvalue weighted by molar-refractivity contribution is -0.149. The van der Waals surface area contributed by atoms with Crippen LogP contribution in [0.15, 0.2) is 54.6 Å². The van der Waals surface area contributed by atoms with E-state index in [-0.39, 0.29) is 31.3 Å².